The van der Waals surface area contributed by atoms with E-state index in [0.29, 0.717) is 31.3 Å². The Balaban J connectivity index is 1.64. The lowest BCUT2D eigenvalue weighted by Crippen LogP contribution is -2.40. The molecule has 0 saturated carbocycles. The molecule has 6 nitrogen and oxygen atoms in total. The molecule has 3 aromatic carbocycles. The van der Waals surface area contributed by atoms with Gasteiger partial charge in [0.25, 0.3) is 11.5 Å². The molecule has 4 aromatic rings. The second kappa shape index (κ2) is 10.2. The van der Waals surface area contributed by atoms with E-state index in [-0.39, 0.29) is 11.5 Å². The first-order chi connectivity index (χ1) is 17.8. The molecule has 5 rings (SSSR count). The van der Waals surface area contributed by atoms with Crippen LogP contribution in [0.1, 0.15) is 24.1 Å². The number of nitrogens with zero attached hydrogens (tertiary/aromatic N) is 3. The molecule has 0 aliphatic carbocycles. The Labute approximate surface area is 223 Å². The molecule has 186 valence electrons. The van der Waals surface area contributed by atoms with Crippen molar-refractivity contribution in [3.63, 3.8) is 0 Å². The van der Waals surface area contributed by atoms with Crippen molar-refractivity contribution in [1.82, 2.24) is 4.57 Å². The molecule has 1 aliphatic rings. The van der Waals surface area contributed by atoms with Crippen molar-refractivity contribution in [1.29, 1.82) is 0 Å². The zero-order valence-electron chi connectivity index (χ0n) is 20.6. The van der Waals surface area contributed by atoms with Crippen LogP contribution >= 0.6 is 22.9 Å². The van der Waals surface area contributed by atoms with Crippen molar-refractivity contribution in [2.75, 3.05) is 24.3 Å². The molecule has 1 amide bonds. The van der Waals surface area contributed by atoms with E-state index < -0.39 is 6.04 Å². The van der Waals surface area contributed by atoms with Crippen LogP contribution in [0.3, 0.4) is 0 Å². The van der Waals surface area contributed by atoms with Crippen LogP contribution in [-0.2, 0) is 4.79 Å². The number of carbonyl (C=O) groups excluding carboxylic acids is 1. The number of hydrogen-bond donors (Lipinski definition) is 1. The molecule has 0 spiro atoms. The topological polar surface area (TPSA) is 66.7 Å². The Kier molecular flexibility index (Phi) is 6.82. The van der Waals surface area contributed by atoms with Gasteiger partial charge in [0.1, 0.15) is 0 Å². The van der Waals surface area contributed by atoms with Gasteiger partial charge in [-0.25, -0.2) is 4.99 Å². The zero-order valence-corrected chi connectivity index (χ0v) is 22.2. The number of halogens is 1. The summed E-state index contributed by atoms with van der Waals surface area (Å²) in [7, 11) is 3.97. The Morgan fingerprint density at radius 2 is 1.70 bits per heavy atom. The molecule has 37 heavy (non-hydrogen) atoms. The molecule has 8 heteroatoms. The number of aromatic nitrogens is 1. The third-order valence-electron chi connectivity index (χ3n) is 6.19. The van der Waals surface area contributed by atoms with Gasteiger partial charge < -0.3 is 10.2 Å². The Morgan fingerprint density at radius 3 is 2.35 bits per heavy atom. The SMILES string of the molecule is CC1=C(C(=O)Nc2ccccc2)[C@@H](c2ccc(Cl)cc2)n2c(s/c(=C/c3ccc(N(C)C)cc3)c2=O)=N1. The van der Waals surface area contributed by atoms with Gasteiger partial charge in [0.2, 0.25) is 0 Å². The summed E-state index contributed by atoms with van der Waals surface area (Å²) < 4.78 is 2.16. The summed E-state index contributed by atoms with van der Waals surface area (Å²) in [5.74, 6) is -0.305. The van der Waals surface area contributed by atoms with E-state index in [2.05, 4.69) is 5.32 Å². The number of fused-ring (bicyclic) bond motifs is 1. The summed E-state index contributed by atoms with van der Waals surface area (Å²) in [6, 6.07) is 23.8. The number of anilines is 2. The minimum atomic E-state index is -0.643. The van der Waals surface area contributed by atoms with Gasteiger partial charge in [-0.15, -0.1) is 0 Å². The summed E-state index contributed by atoms with van der Waals surface area (Å²) >= 11 is 7.47. The highest BCUT2D eigenvalue weighted by atomic mass is 35.5. The van der Waals surface area contributed by atoms with Crippen LogP contribution in [-0.4, -0.2) is 24.6 Å². The molecule has 1 N–H and O–H groups in total. The molecular weight excluding hydrogens is 504 g/mol. The van der Waals surface area contributed by atoms with Crippen LogP contribution in [0, 0.1) is 0 Å². The van der Waals surface area contributed by atoms with E-state index in [1.165, 1.54) is 11.3 Å². The van der Waals surface area contributed by atoms with Gasteiger partial charge in [-0.3, -0.25) is 14.2 Å². The highest BCUT2D eigenvalue weighted by molar-refractivity contribution is 7.07. The highest BCUT2D eigenvalue weighted by Gasteiger charge is 2.32. The second-order valence-electron chi connectivity index (χ2n) is 8.94. The summed E-state index contributed by atoms with van der Waals surface area (Å²) in [4.78, 5) is 34.6. The van der Waals surface area contributed by atoms with Crippen LogP contribution < -0.4 is 25.1 Å². The Morgan fingerprint density at radius 1 is 1.03 bits per heavy atom. The lowest BCUT2D eigenvalue weighted by atomic mass is 9.95. The van der Waals surface area contributed by atoms with Crippen molar-refractivity contribution in [3.05, 3.63) is 126 Å². The number of hydrogen-bond acceptors (Lipinski definition) is 5. The third kappa shape index (κ3) is 5.01. The van der Waals surface area contributed by atoms with E-state index >= 15 is 0 Å². The monoisotopic (exact) mass is 528 g/mol. The van der Waals surface area contributed by atoms with Crippen molar-refractivity contribution >= 4 is 46.3 Å². The molecule has 1 aliphatic heterocycles. The molecule has 2 heterocycles. The van der Waals surface area contributed by atoms with Gasteiger partial charge in [-0.2, -0.15) is 0 Å². The first-order valence-electron chi connectivity index (χ1n) is 11.7. The number of thiazole rings is 1. The molecule has 0 bridgehead atoms. The van der Waals surface area contributed by atoms with Gasteiger partial charge in [-0.05, 0) is 60.5 Å². The molecule has 0 fully saturated rings. The van der Waals surface area contributed by atoms with Crippen LogP contribution in [0.5, 0.6) is 0 Å². The lowest BCUT2D eigenvalue weighted by molar-refractivity contribution is -0.113. The normalized spacial score (nSPS) is 15.2. The number of para-hydroxylation sites is 1. The number of amides is 1. The van der Waals surface area contributed by atoms with Crippen LogP contribution in [0.2, 0.25) is 5.02 Å². The number of allylic oxidation sites excluding steroid dienone is 1. The van der Waals surface area contributed by atoms with Gasteiger partial charge in [0, 0.05) is 30.5 Å². The third-order valence-corrected chi connectivity index (χ3v) is 7.43. The fourth-order valence-corrected chi connectivity index (χ4v) is 5.48. The largest absolute Gasteiger partial charge is 0.378 e. The minimum Gasteiger partial charge on any atom is -0.378 e. The van der Waals surface area contributed by atoms with Gasteiger partial charge in [0.05, 0.1) is 21.8 Å². The Hall–Kier alpha value is -3.94. The van der Waals surface area contributed by atoms with E-state index in [1.54, 1.807) is 23.6 Å². The Bertz CT molecular complexity index is 1670. The van der Waals surface area contributed by atoms with Gasteiger partial charge in [0.15, 0.2) is 4.80 Å². The molecule has 0 unspecified atom stereocenters. The number of rotatable bonds is 5. The van der Waals surface area contributed by atoms with Crippen LogP contribution in [0.4, 0.5) is 11.4 Å². The van der Waals surface area contributed by atoms with Gasteiger partial charge >= 0.3 is 0 Å². The molecule has 1 atom stereocenters. The van der Waals surface area contributed by atoms with Crippen molar-refractivity contribution in [2.45, 2.75) is 13.0 Å². The fraction of sp³-hybridized carbons (Fsp3) is 0.138. The smallest absolute Gasteiger partial charge is 0.271 e. The molecular formula is C29H25ClN4O2S. The summed E-state index contributed by atoms with van der Waals surface area (Å²) in [6.07, 6.45) is 1.87. The zero-order chi connectivity index (χ0) is 26.1. The minimum absolute atomic E-state index is 0.196. The summed E-state index contributed by atoms with van der Waals surface area (Å²) in [5, 5.41) is 3.53. The summed E-state index contributed by atoms with van der Waals surface area (Å²) in [5.41, 5.74) is 4.22. The lowest BCUT2D eigenvalue weighted by Gasteiger charge is -2.25. The van der Waals surface area contributed by atoms with Crippen molar-refractivity contribution in [3.8, 4) is 0 Å². The highest BCUT2D eigenvalue weighted by Crippen LogP contribution is 2.31. The number of benzene rings is 3. The summed E-state index contributed by atoms with van der Waals surface area (Å²) in [6.45, 7) is 1.81. The predicted octanol–water partition coefficient (Wildman–Crippen LogP) is 4.59. The van der Waals surface area contributed by atoms with E-state index in [9.17, 15) is 9.59 Å². The molecule has 0 saturated heterocycles. The number of carbonyl (C=O) groups is 1. The van der Waals surface area contributed by atoms with E-state index in [1.807, 2.05) is 91.8 Å². The maximum Gasteiger partial charge on any atom is 0.271 e. The first kappa shape index (κ1) is 24.7. The first-order valence-corrected chi connectivity index (χ1v) is 12.9. The van der Waals surface area contributed by atoms with Crippen LogP contribution in [0.15, 0.2) is 99.9 Å². The average molecular weight is 529 g/mol. The average Bonchev–Trinajstić information content (AvgIpc) is 3.18. The van der Waals surface area contributed by atoms with E-state index in [4.69, 9.17) is 16.6 Å². The van der Waals surface area contributed by atoms with Crippen molar-refractivity contribution in [2.24, 2.45) is 4.99 Å². The number of nitrogens with one attached hydrogen (secondary N) is 1. The second-order valence-corrected chi connectivity index (χ2v) is 10.4. The van der Waals surface area contributed by atoms with Crippen LogP contribution in [0.25, 0.3) is 6.08 Å². The maximum atomic E-state index is 13.8. The van der Waals surface area contributed by atoms with E-state index in [0.717, 1.165) is 16.8 Å². The molecule has 0 radical (unpaired) electrons. The molecule has 1 aromatic heterocycles. The van der Waals surface area contributed by atoms with Gasteiger partial charge in [-0.1, -0.05) is 65.4 Å². The quantitative estimate of drug-likeness (QED) is 0.412. The van der Waals surface area contributed by atoms with Crippen molar-refractivity contribution < 1.29 is 4.79 Å². The standard InChI is InChI=1S/C29H25ClN4O2S/c1-18-25(27(35)32-22-7-5-4-6-8-22)26(20-11-13-21(30)14-12-20)34-28(36)24(37-29(34)31-18)17-19-9-15-23(16-10-19)33(2)3/h4-17,26H,1-3H3,(H,32,35)/b24-17+/t26-/m1/s1. The predicted molar refractivity (Wildman–Crippen MR) is 151 cm³/mol. The fourth-order valence-electron chi connectivity index (χ4n) is 4.31. The maximum absolute atomic E-state index is 13.8.